The Kier molecular flexibility index (Phi) is 1.95. The summed E-state index contributed by atoms with van der Waals surface area (Å²) in [4.78, 5) is 23.1. The predicted octanol–water partition coefficient (Wildman–Crippen LogP) is 0.817. The third-order valence-electron chi connectivity index (χ3n) is 3.21. The van der Waals surface area contributed by atoms with Crippen molar-refractivity contribution < 1.29 is 0 Å². The zero-order valence-electron chi connectivity index (χ0n) is 8.81. The number of H-pyrrole nitrogens is 1. The monoisotopic (exact) mass is 219 g/mol. The molecule has 16 heavy (non-hydrogen) atoms. The first kappa shape index (κ1) is 9.38. The lowest BCUT2D eigenvalue weighted by atomic mass is 10.2. The second kappa shape index (κ2) is 3.33. The molecule has 2 aromatic heterocycles. The van der Waals surface area contributed by atoms with E-state index in [-0.39, 0.29) is 17.5 Å². The molecule has 0 bridgehead atoms. The Morgan fingerprint density at radius 1 is 1.44 bits per heavy atom. The summed E-state index contributed by atoms with van der Waals surface area (Å²) in [5.41, 5.74) is 6.56. The van der Waals surface area contributed by atoms with Gasteiger partial charge in [0.25, 0.3) is 5.56 Å². The van der Waals surface area contributed by atoms with Crippen molar-refractivity contribution in [3.8, 4) is 0 Å². The number of aromatic nitrogens is 4. The fourth-order valence-corrected chi connectivity index (χ4v) is 2.43. The van der Waals surface area contributed by atoms with Crippen molar-refractivity contribution in [1.82, 2.24) is 19.5 Å². The van der Waals surface area contributed by atoms with Crippen LogP contribution in [0.15, 0.2) is 11.1 Å². The average molecular weight is 219 g/mol. The van der Waals surface area contributed by atoms with Crippen LogP contribution in [0.5, 0.6) is 0 Å². The molecule has 1 aliphatic rings. The number of nitrogens with zero attached hydrogens (tertiary/aromatic N) is 3. The van der Waals surface area contributed by atoms with Crippen molar-refractivity contribution in [2.45, 2.75) is 31.7 Å². The smallest absolute Gasteiger partial charge is 0.281 e. The zero-order chi connectivity index (χ0) is 11.1. The minimum absolute atomic E-state index is 0.105. The molecular weight excluding hydrogens is 206 g/mol. The number of fused-ring (bicyclic) bond motifs is 1. The van der Waals surface area contributed by atoms with Crippen LogP contribution < -0.4 is 11.3 Å². The van der Waals surface area contributed by atoms with E-state index in [1.807, 2.05) is 0 Å². The molecule has 0 saturated heterocycles. The van der Waals surface area contributed by atoms with Crippen LogP contribution in [0.3, 0.4) is 0 Å². The van der Waals surface area contributed by atoms with Gasteiger partial charge in [-0.15, -0.1) is 0 Å². The highest BCUT2D eigenvalue weighted by Crippen LogP contribution is 2.29. The molecule has 1 aliphatic carbocycles. The summed E-state index contributed by atoms with van der Waals surface area (Å²) in [5.74, 6) is 0.275. The van der Waals surface area contributed by atoms with Gasteiger partial charge in [0.2, 0.25) is 5.95 Å². The number of nitrogen functional groups attached to an aromatic ring is 1. The van der Waals surface area contributed by atoms with E-state index in [0.717, 1.165) is 25.7 Å². The van der Waals surface area contributed by atoms with E-state index in [9.17, 15) is 4.79 Å². The Morgan fingerprint density at radius 3 is 2.94 bits per heavy atom. The summed E-state index contributed by atoms with van der Waals surface area (Å²) in [6.07, 6.45) is 5.78. The minimum Gasteiger partial charge on any atom is -0.369 e. The number of aromatic amines is 1. The van der Waals surface area contributed by atoms with Crippen molar-refractivity contribution in [1.29, 1.82) is 0 Å². The molecule has 1 saturated carbocycles. The van der Waals surface area contributed by atoms with E-state index < -0.39 is 0 Å². The molecule has 0 amide bonds. The highest BCUT2D eigenvalue weighted by molar-refractivity contribution is 5.69. The van der Waals surface area contributed by atoms with Gasteiger partial charge in [0.15, 0.2) is 11.2 Å². The molecule has 6 heteroatoms. The van der Waals surface area contributed by atoms with Crippen LogP contribution in [-0.4, -0.2) is 19.5 Å². The number of hydrogen-bond acceptors (Lipinski definition) is 4. The number of nitrogens with two attached hydrogens (primary N) is 1. The average Bonchev–Trinajstić information content (AvgIpc) is 2.87. The van der Waals surface area contributed by atoms with Gasteiger partial charge in [-0.3, -0.25) is 9.36 Å². The van der Waals surface area contributed by atoms with Gasteiger partial charge >= 0.3 is 0 Å². The summed E-state index contributed by atoms with van der Waals surface area (Å²) < 4.78 is 1.60. The van der Waals surface area contributed by atoms with Gasteiger partial charge in [0.05, 0.1) is 6.33 Å². The van der Waals surface area contributed by atoms with Crippen molar-refractivity contribution in [3.05, 3.63) is 16.7 Å². The van der Waals surface area contributed by atoms with Crippen LogP contribution in [0, 0.1) is 0 Å². The van der Waals surface area contributed by atoms with Gasteiger partial charge in [-0.2, -0.15) is 4.98 Å². The van der Waals surface area contributed by atoms with Crippen molar-refractivity contribution in [3.63, 3.8) is 0 Å². The maximum absolute atomic E-state index is 12.2. The van der Waals surface area contributed by atoms with Crippen LogP contribution in [0.4, 0.5) is 5.95 Å². The summed E-state index contributed by atoms with van der Waals surface area (Å²) in [6, 6.07) is 0.202. The second-order valence-corrected chi connectivity index (χ2v) is 4.18. The van der Waals surface area contributed by atoms with E-state index in [4.69, 9.17) is 5.73 Å². The molecule has 0 spiro atoms. The molecule has 0 aromatic carbocycles. The molecule has 84 valence electrons. The first-order chi connectivity index (χ1) is 7.77. The number of nitrogens with one attached hydrogen (secondary N) is 1. The first-order valence-corrected chi connectivity index (χ1v) is 5.48. The Balaban J connectivity index is 2.26. The molecule has 2 heterocycles. The molecule has 2 aromatic rings. The van der Waals surface area contributed by atoms with Crippen LogP contribution in [-0.2, 0) is 0 Å². The lowest BCUT2D eigenvalue weighted by Crippen LogP contribution is -2.27. The highest BCUT2D eigenvalue weighted by atomic mass is 16.1. The standard InChI is InChI=1S/C10H13N5O/c11-10-14-8-7(12-5-13-8)9(16)15(10)6-3-1-2-4-6/h5-6H,1-4H2,(H2,11,14)(H,12,13). The quantitative estimate of drug-likeness (QED) is 0.742. The molecule has 1 fully saturated rings. The van der Waals surface area contributed by atoms with Gasteiger partial charge in [-0.25, -0.2) is 4.98 Å². The second-order valence-electron chi connectivity index (χ2n) is 4.18. The minimum atomic E-state index is -0.105. The molecule has 0 atom stereocenters. The number of imidazole rings is 1. The van der Waals surface area contributed by atoms with Crippen molar-refractivity contribution in [2.24, 2.45) is 0 Å². The molecule has 6 nitrogen and oxygen atoms in total. The van der Waals surface area contributed by atoms with Gasteiger partial charge in [0.1, 0.15) is 0 Å². The maximum atomic E-state index is 12.2. The molecule has 0 aliphatic heterocycles. The van der Waals surface area contributed by atoms with E-state index in [2.05, 4.69) is 15.0 Å². The van der Waals surface area contributed by atoms with E-state index in [0.29, 0.717) is 11.2 Å². The highest BCUT2D eigenvalue weighted by Gasteiger charge is 2.22. The van der Waals surface area contributed by atoms with Gasteiger partial charge in [-0.1, -0.05) is 12.8 Å². The van der Waals surface area contributed by atoms with E-state index in [1.165, 1.54) is 6.33 Å². The number of anilines is 1. The van der Waals surface area contributed by atoms with Crippen LogP contribution in [0.1, 0.15) is 31.7 Å². The summed E-state index contributed by atoms with van der Waals surface area (Å²) >= 11 is 0. The molecule has 0 unspecified atom stereocenters. The number of hydrogen-bond donors (Lipinski definition) is 2. The largest absolute Gasteiger partial charge is 0.369 e. The van der Waals surface area contributed by atoms with Crippen molar-refractivity contribution >= 4 is 17.1 Å². The van der Waals surface area contributed by atoms with Crippen LogP contribution >= 0.6 is 0 Å². The van der Waals surface area contributed by atoms with Crippen LogP contribution in [0.25, 0.3) is 11.2 Å². The normalized spacial score (nSPS) is 17.2. The first-order valence-electron chi connectivity index (χ1n) is 5.48. The third kappa shape index (κ3) is 1.22. The number of rotatable bonds is 1. The lowest BCUT2D eigenvalue weighted by Gasteiger charge is -2.14. The van der Waals surface area contributed by atoms with E-state index in [1.54, 1.807) is 4.57 Å². The topological polar surface area (TPSA) is 89.6 Å². The Bertz CT molecular complexity index is 578. The molecule has 0 radical (unpaired) electrons. The Hall–Kier alpha value is -1.85. The van der Waals surface area contributed by atoms with Crippen molar-refractivity contribution in [2.75, 3.05) is 5.73 Å². The fraction of sp³-hybridized carbons (Fsp3) is 0.500. The molecule has 3 rings (SSSR count). The van der Waals surface area contributed by atoms with Crippen LogP contribution in [0.2, 0.25) is 0 Å². The fourth-order valence-electron chi connectivity index (χ4n) is 2.43. The van der Waals surface area contributed by atoms with Gasteiger partial charge in [-0.05, 0) is 12.8 Å². The maximum Gasteiger partial charge on any atom is 0.281 e. The summed E-state index contributed by atoms with van der Waals surface area (Å²) in [6.45, 7) is 0. The van der Waals surface area contributed by atoms with E-state index >= 15 is 0 Å². The SMILES string of the molecule is Nc1nc2nc[nH]c2c(=O)n1C1CCCC1. The van der Waals surface area contributed by atoms with Gasteiger partial charge < -0.3 is 10.7 Å². The Morgan fingerprint density at radius 2 is 2.19 bits per heavy atom. The molecule has 3 N–H and O–H groups in total. The summed E-state index contributed by atoms with van der Waals surface area (Å²) in [5, 5.41) is 0. The predicted molar refractivity (Wildman–Crippen MR) is 60.1 cm³/mol. The third-order valence-corrected chi connectivity index (χ3v) is 3.21. The van der Waals surface area contributed by atoms with Gasteiger partial charge in [0, 0.05) is 6.04 Å². The lowest BCUT2D eigenvalue weighted by molar-refractivity contribution is 0.507. The zero-order valence-corrected chi connectivity index (χ0v) is 8.81. The molecular formula is C10H13N5O. The Labute approximate surface area is 91.5 Å². The summed E-state index contributed by atoms with van der Waals surface area (Å²) in [7, 11) is 0.